The zero-order valence-electron chi connectivity index (χ0n) is 17.1. The number of thiazole rings is 1. The van der Waals surface area contributed by atoms with Gasteiger partial charge >= 0.3 is 6.09 Å². The molecule has 0 atom stereocenters. The van der Waals surface area contributed by atoms with E-state index in [9.17, 15) is 23.5 Å². The number of benzene rings is 1. The van der Waals surface area contributed by atoms with Gasteiger partial charge in [0.1, 0.15) is 23.2 Å². The van der Waals surface area contributed by atoms with Crippen molar-refractivity contribution in [2.24, 2.45) is 0 Å². The van der Waals surface area contributed by atoms with Gasteiger partial charge in [-0.3, -0.25) is 9.78 Å². The van der Waals surface area contributed by atoms with Crippen molar-refractivity contribution < 1.29 is 23.5 Å². The fourth-order valence-electron chi connectivity index (χ4n) is 3.09. The van der Waals surface area contributed by atoms with Crippen molar-refractivity contribution in [1.29, 1.82) is 0 Å². The lowest BCUT2D eigenvalue weighted by Crippen LogP contribution is -2.31. The number of pyridine rings is 1. The Morgan fingerprint density at radius 2 is 2.03 bits per heavy atom. The van der Waals surface area contributed by atoms with E-state index in [1.165, 1.54) is 21.6 Å². The van der Waals surface area contributed by atoms with Gasteiger partial charge in [-0.25, -0.2) is 23.5 Å². The van der Waals surface area contributed by atoms with E-state index < -0.39 is 23.6 Å². The summed E-state index contributed by atoms with van der Waals surface area (Å²) in [5.41, 5.74) is 1.60. The van der Waals surface area contributed by atoms with Crippen LogP contribution in [-0.4, -0.2) is 48.5 Å². The van der Waals surface area contributed by atoms with Gasteiger partial charge in [0, 0.05) is 24.4 Å². The summed E-state index contributed by atoms with van der Waals surface area (Å²) < 4.78 is 26.6. The molecule has 33 heavy (non-hydrogen) atoms. The van der Waals surface area contributed by atoms with Gasteiger partial charge in [-0.1, -0.05) is 12.1 Å². The molecule has 0 aliphatic heterocycles. The molecule has 0 aliphatic rings. The van der Waals surface area contributed by atoms with Crippen LogP contribution in [0.4, 0.5) is 13.6 Å². The third kappa shape index (κ3) is 5.47. The monoisotopic (exact) mass is 472 g/mol. The highest BCUT2D eigenvalue weighted by Crippen LogP contribution is 2.15. The van der Waals surface area contributed by atoms with Gasteiger partial charge in [0.15, 0.2) is 0 Å². The number of carboxylic acid groups (broad SMARTS) is 1. The van der Waals surface area contributed by atoms with Gasteiger partial charge in [-0.05, 0) is 12.1 Å². The third-order valence-electron chi connectivity index (χ3n) is 4.73. The quantitative estimate of drug-likeness (QED) is 0.361. The predicted octanol–water partition coefficient (Wildman–Crippen LogP) is 3.35. The molecule has 12 heteroatoms. The van der Waals surface area contributed by atoms with E-state index in [4.69, 9.17) is 0 Å². The predicted molar refractivity (Wildman–Crippen MR) is 116 cm³/mol. The Balaban J connectivity index is 1.33. The molecule has 4 aromatic rings. The number of hydrogen-bond donors (Lipinski definition) is 3. The number of rotatable bonds is 8. The second-order valence-electron chi connectivity index (χ2n) is 7.05. The minimum Gasteiger partial charge on any atom is -0.465 e. The summed E-state index contributed by atoms with van der Waals surface area (Å²) in [5, 5.41) is 14.1. The summed E-state index contributed by atoms with van der Waals surface area (Å²) in [5.74, 6) is -1.67. The first-order valence-electron chi connectivity index (χ1n) is 9.83. The molecule has 3 N–H and O–H groups in total. The number of imidazole rings is 1. The molecule has 170 valence electrons. The van der Waals surface area contributed by atoms with Crippen LogP contribution in [0.3, 0.4) is 0 Å². The number of H-pyrrole nitrogens is 1. The average Bonchev–Trinajstić information content (AvgIpc) is 3.42. The lowest BCUT2D eigenvalue weighted by Gasteiger charge is -2.17. The molecule has 0 radical (unpaired) electrons. The summed E-state index contributed by atoms with van der Waals surface area (Å²) in [6, 6.07) is 8.10. The van der Waals surface area contributed by atoms with E-state index in [1.807, 2.05) is 24.3 Å². The maximum absolute atomic E-state index is 13.6. The molecule has 0 saturated carbocycles. The normalized spacial score (nSPS) is 11.0. The Labute approximate surface area is 190 Å². The number of para-hydroxylation sites is 2. The largest absolute Gasteiger partial charge is 0.465 e. The number of amides is 2. The molecule has 0 unspecified atom stereocenters. The van der Waals surface area contributed by atoms with Crippen molar-refractivity contribution in [1.82, 2.24) is 30.2 Å². The molecule has 0 bridgehead atoms. The highest BCUT2D eigenvalue weighted by atomic mass is 32.1. The summed E-state index contributed by atoms with van der Waals surface area (Å²) in [6.45, 7) is 0.0206. The Bertz CT molecular complexity index is 1280. The van der Waals surface area contributed by atoms with Crippen molar-refractivity contribution in [3.05, 3.63) is 75.8 Å². The summed E-state index contributed by atoms with van der Waals surface area (Å²) in [6.07, 6.45) is 0.0720. The minimum absolute atomic E-state index is 0.0823. The Morgan fingerprint density at radius 3 is 2.79 bits per heavy atom. The van der Waals surface area contributed by atoms with Crippen LogP contribution in [-0.2, 0) is 19.5 Å². The van der Waals surface area contributed by atoms with Crippen molar-refractivity contribution in [2.75, 3.05) is 6.54 Å². The van der Waals surface area contributed by atoms with Gasteiger partial charge in [0.25, 0.3) is 5.91 Å². The number of carbonyl (C=O) groups excluding carboxylic acids is 1. The highest BCUT2D eigenvalue weighted by molar-refractivity contribution is 7.09. The SMILES string of the molecule is O=C(NCc1ncc(F)cc1F)c1csc(CCN(Cc2nc3ccccc3[nH]2)C(=O)O)n1. The van der Waals surface area contributed by atoms with Crippen LogP contribution in [0.25, 0.3) is 11.0 Å². The van der Waals surface area contributed by atoms with Crippen LogP contribution in [0, 0.1) is 11.6 Å². The van der Waals surface area contributed by atoms with Gasteiger partial charge in [-0.2, -0.15) is 0 Å². The first-order chi connectivity index (χ1) is 15.9. The number of carbonyl (C=O) groups is 2. The molecule has 3 heterocycles. The maximum atomic E-state index is 13.6. The lowest BCUT2D eigenvalue weighted by molar-refractivity contribution is 0.0945. The molecular formula is C21H18F2N6O3S. The van der Waals surface area contributed by atoms with Crippen LogP contribution in [0.1, 0.15) is 27.0 Å². The molecule has 0 fully saturated rings. The van der Waals surface area contributed by atoms with E-state index in [0.29, 0.717) is 23.3 Å². The van der Waals surface area contributed by atoms with Crippen LogP contribution in [0.5, 0.6) is 0 Å². The second-order valence-corrected chi connectivity index (χ2v) is 7.99. The molecular weight excluding hydrogens is 454 g/mol. The number of nitrogens with one attached hydrogen (secondary N) is 2. The summed E-state index contributed by atoms with van der Waals surface area (Å²) in [4.78, 5) is 40.5. The molecule has 0 aliphatic carbocycles. The molecule has 1 aromatic carbocycles. The number of aromatic nitrogens is 4. The minimum atomic E-state index is -1.10. The Kier molecular flexibility index (Phi) is 6.54. The molecule has 4 rings (SSSR count). The smallest absolute Gasteiger partial charge is 0.407 e. The third-order valence-corrected chi connectivity index (χ3v) is 5.64. The zero-order chi connectivity index (χ0) is 23.4. The van der Waals surface area contributed by atoms with E-state index in [2.05, 4.69) is 25.3 Å². The van der Waals surface area contributed by atoms with Crippen molar-refractivity contribution in [2.45, 2.75) is 19.5 Å². The van der Waals surface area contributed by atoms with Crippen molar-refractivity contribution >= 4 is 34.4 Å². The van der Waals surface area contributed by atoms with Crippen LogP contribution in [0.2, 0.25) is 0 Å². The fourth-order valence-corrected chi connectivity index (χ4v) is 3.86. The summed E-state index contributed by atoms with van der Waals surface area (Å²) in [7, 11) is 0. The zero-order valence-corrected chi connectivity index (χ0v) is 17.9. The molecule has 3 aromatic heterocycles. The van der Waals surface area contributed by atoms with Gasteiger partial charge < -0.3 is 20.3 Å². The first-order valence-corrected chi connectivity index (χ1v) is 10.7. The average molecular weight is 472 g/mol. The molecule has 2 amide bonds. The Morgan fingerprint density at radius 1 is 1.21 bits per heavy atom. The van der Waals surface area contributed by atoms with E-state index in [-0.39, 0.29) is 31.0 Å². The van der Waals surface area contributed by atoms with Gasteiger partial charge in [-0.15, -0.1) is 11.3 Å². The van der Waals surface area contributed by atoms with E-state index in [0.717, 1.165) is 17.2 Å². The highest BCUT2D eigenvalue weighted by Gasteiger charge is 2.17. The fraction of sp³-hybridized carbons (Fsp3) is 0.190. The standard InChI is InChI=1S/C21H18F2N6O3S/c22-12-7-13(23)16(24-8-12)9-25-20(30)17-11-33-19(28-17)5-6-29(21(31)32)10-18-26-14-3-1-2-4-15(14)27-18/h1-4,7-8,11H,5-6,9-10H2,(H,25,30)(H,26,27)(H,31,32). The van der Waals surface area contributed by atoms with Gasteiger partial charge in [0.05, 0.1) is 41.0 Å². The van der Waals surface area contributed by atoms with Crippen LogP contribution in [0.15, 0.2) is 41.9 Å². The number of nitrogens with zero attached hydrogens (tertiary/aromatic N) is 4. The van der Waals surface area contributed by atoms with Crippen LogP contribution < -0.4 is 5.32 Å². The molecule has 0 saturated heterocycles. The molecule has 9 nitrogen and oxygen atoms in total. The topological polar surface area (TPSA) is 124 Å². The second kappa shape index (κ2) is 9.69. The number of hydrogen-bond acceptors (Lipinski definition) is 6. The molecule has 0 spiro atoms. The van der Waals surface area contributed by atoms with E-state index in [1.54, 1.807) is 0 Å². The number of aromatic amines is 1. The van der Waals surface area contributed by atoms with Crippen molar-refractivity contribution in [3.63, 3.8) is 0 Å². The van der Waals surface area contributed by atoms with E-state index >= 15 is 0 Å². The Hall–Kier alpha value is -3.93. The number of fused-ring (bicyclic) bond motifs is 1. The number of halogens is 2. The van der Waals surface area contributed by atoms with Crippen LogP contribution >= 0.6 is 11.3 Å². The first kappa shape index (κ1) is 22.3. The summed E-state index contributed by atoms with van der Waals surface area (Å²) >= 11 is 1.21. The maximum Gasteiger partial charge on any atom is 0.407 e. The van der Waals surface area contributed by atoms with Crippen molar-refractivity contribution in [3.8, 4) is 0 Å². The lowest BCUT2D eigenvalue weighted by atomic mass is 10.3. The van der Waals surface area contributed by atoms with Gasteiger partial charge in [0.2, 0.25) is 0 Å².